The van der Waals surface area contributed by atoms with Crippen LogP contribution in [-0.2, 0) is 22.6 Å². The van der Waals surface area contributed by atoms with E-state index in [4.69, 9.17) is 11.6 Å². The van der Waals surface area contributed by atoms with Crippen molar-refractivity contribution in [2.24, 2.45) is 0 Å². The van der Waals surface area contributed by atoms with E-state index in [1.54, 1.807) is 11.0 Å². The van der Waals surface area contributed by atoms with Crippen LogP contribution >= 0.6 is 11.6 Å². The predicted molar refractivity (Wildman–Crippen MR) is 119 cm³/mol. The second kappa shape index (κ2) is 11.0. The molecule has 0 unspecified atom stereocenters. The summed E-state index contributed by atoms with van der Waals surface area (Å²) < 4.78 is 0. The summed E-state index contributed by atoms with van der Waals surface area (Å²) in [5.74, 6) is -0.201. The highest BCUT2D eigenvalue weighted by Crippen LogP contribution is 2.21. The third-order valence-electron chi connectivity index (χ3n) is 5.12. The van der Waals surface area contributed by atoms with Gasteiger partial charge in [0.2, 0.25) is 11.8 Å². The van der Waals surface area contributed by atoms with E-state index >= 15 is 0 Å². The Morgan fingerprint density at radius 2 is 1.79 bits per heavy atom. The van der Waals surface area contributed by atoms with Gasteiger partial charge in [-0.1, -0.05) is 73.5 Å². The van der Waals surface area contributed by atoms with Crippen LogP contribution in [0.3, 0.4) is 0 Å². The molecule has 0 saturated carbocycles. The molecule has 2 rings (SSSR count). The zero-order valence-corrected chi connectivity index (χ0v) is 18.5. The minimum atomic E-state index is -0.544. The summed E-state index contributed by atoms with van der Waals surface area (Å²) in [5, 5.41) is 3.62. The maximum atomic E-state index is 13.3. The van der Waals surface area contributed by atoms with E-state index in [0.29, 0.717) is 18.0 Å². The zero-order valence-electron chi connectivity index (χ0n) is 17.7. The molecular formula is C24H31ClN2O2. The molecule has 0 radical (unpaired) electrons. The Morgan fingerprint density at radius 3 is 2.41 bits per heavy atom. The van der Waals surface area contributed by atoms with E-state index in [1.165, 1.54) is 0 Å². The van der Waals surface area contributed by atoms with E-state index in [9.17, 15) is 9.59 Å². The number of carbonyl (C=O) groups excluding carboxylic acids is 2. The van der Waals surface area contributed by atoms with Crippen molar-refractivity contribution in [3.8, 4) is 0 Å². The van der Waals surface area contributed by atoms with Crippen molar-refractivity contribution in [2.75, 3.05) is 0 Å². The maximum absolute atomic E-state index is 13.3. The third-order valence-corrected chi connectivity index (χ3v) is 5.49. The molecule has 1 N–H and O–H groups in total. The summed E-state index contributed by atoms with van der Waals surface area (Å²) in [5.41, 5.74) is 2.88. The lowest BCUT2D eigenvalue weighted by Crippen LogP contribution is -2.51. The van der Waals surface area contributed by atoms with Crippen molar-refractivity contribution < 1.29 is 9.59 Å². The molecule has 4 nitrogen and oxygen atoms in total. The van der Waals surface area contributed by atoms with Gasteiger partial charge in [0.25, 0.3) is 0 Å². The number of aryl methyl sites for hydroxylation is 1. The highest BCUT2D eigenvalue weighted by Gasteiger charge is 2.29. The van der Waals surface area contributed by atoms with E-state index < -0.39 is 6.04 Å². The van der Waals surface area contributed by atoms with Gasteiger partial charge < -0.3 is 10.2 Å². The van der Waals surface area contributed by atoms with Crippen molar-refractivity contribution in [3.63, 3.8) is 0 Å². The first-order chi connectivity index (χ1) is 13.8. The molecule has 5 heteroatoms. The molecule has 0 heterocycles. The lowest BCUT2D eigenvalue weighted by atomic mass is 10.0. The van der Waals surface area contributed by atoms with Crippen LogP contribution in [0.5, 0.6) is 0 Å². The van der Waals surface area contributed by atoms with E-state index in [0.717, 1.165) is 23.1 Å². The number of benzene rings is 2. The van der Waals surface area contributed by atoms with Gasteiger partial charge in [0.05, 0.1) is 6.42 Å². The summed E-state index contributed by atoms with van der Waals surface area (Å²) in [6, 6.07) is 14.9. The molecule has 0 aliphatic heterocycles. The number of amides is 2. The fourth-order valence-corrected chi connectivity index (χ4v) is 3.46. The summed E-state index contributed by atoms with van der Waals surface area (Å²) in [6.07, 6.45) is 1.62. The number of hydrogen-bond donors (Lipinski definition) is 1. The molecule has 0 bridgehead atoms. The number of carbonyl (C=O) groups is 2. The van der Waals surface area contributed by atoms with Crippen LogP contribution < -0.4 is 5.32 Å². The van der Waals surface area contributed by atoms with Crippen molar-refractivity contribution in [1.29, 1.82) is 0 Å². The van der Waals surface area contributed by atoms with E-state index in [-0.39, 0.29) is 24.3 Å². The summed E-state index contributed by atoms with van der Waals surface area (Å²) >= 11 is 6.35. The molecule has 0 aliphatic rings. The lowest BCUT2D eigenvalue weighted by Gasteiger charge is -2.32. The first-order valence-electron chi connectivity index (χ1n) is 10.2. The standard InChI is InChI=1S/C24H31ClN2O2/c1-5-18(4)26-24(29)22(6-2)27(16-20-12-7-8-13-21(20)25)23(28)15-19-11-9-10-17(3)14-19/h7-14,18,22H,5-6,15-16H2,1-4H3,(H,26,29)/t18-,22+/m0/s1. The minimum Gasteiger partial charge on any atom is -0.352 e. The second-order valence-corrected chi connectivity index (χ2v) is 7.93. The molecule has 0 fully saturated rings. The fourth-order valence-electron chi connectivity index (χ4n) is 3.27. The first kappa shape index (κ1) is 23.0. The number of nitrogens with one attached hydrogen (secondary N) is 1. The molecule has 0 spiro atoms. The van der Waals surface area contributed by atoms with Crippen molar-refractivity contribution in [1.82, 2.24) is 10.2 Å². The van der Waals surface area contributed by atoms with Crippen molar-refractivity contribution >= 4 is 23.4 Å². The highest BCUT2D eigenvalue weighted by molar-refractivity contribution is 6.31. The van der Waals surface area contributed by atoms with Gasteiger partial charge in [0.15, 0.2) is 0 Å². The quantitative estimate of drug-likeness (QED) is 0.633. The highest BCUT2D eigenvalue weighted by atomic mass is 35.5. The predicted octanol–water partition coefficient (Wildman–Crippen LogP) is 4.91. The molecule has 0 saturated heterocycles. The molecule has 156 valence electrons. The summed E-state index contributed by atoms with van der Waals surface area (Å²) in [7, 11) is 0. The maximum Gasteiger partial charge on any atom is 0.243 e. The van der Waals surface area contributed by atoms with Crippen LogP contribution in [0.25, 0.3) is 0 Å². The Hall–Kier alpha value is -2.33. The smallest absolute Gasteiger partial charge is 0.243 e. The van der Waals surface area contributed by atoms with Gasteiger partial charge in [0, 0.05) is 17.6 Å². The average Bonchev–Trinajstić information content (AvgIpc) is 2.69. The number of nitrogens with zero attached hydrogens (tertiary/aromatic N) is 1. The molecular weight excluding hydrogens is 384 g/mol. The van der Waals surface area contributed by atoms with Crippen LogP contribution in [0.2, 0.25) is 5.02 Å². The normalized spacial score (nSPS) is 12.9. The molecule has 2 atom stereocenters. The van der Waals surface area contributed by atoms with Crippen LogP contribution in [0.15, 0.2) is 48.5 Å². The van der Waals surface area contributed by atoms with Gasteiger partial charge in [-0.25, -0.2) is 0 Å². The number of halogens is 1. The molecule has 2 aromatic carbocycles. The van der Waals surface area contributed by atoms with Gasteiger partial charge in [-0.2, -0.15) is 0 Å². The topological polar surface area (TPSA) is 49.4 Å². The third kappa shape index (κ3) is 6.60. The van der Waals surface area contributed by atoms with E-state index in [2.05, 4.69) is 5.32 Å². The monoisotopic (exact) mass is 414 g/mol. The number of hydrogen-bond acceptors (Lipinski definition) is 2. The first-order valence-corrected chi connectivity index (χ1v) is 10.6. The van der Waals surface area contributed by atoms with Gasteiger partial charge in [-0.05, 0) is 43.9 Å². The second-order valence-electron chi connectivity index (χ2n) is 7.52. The fraction of sp³-hybridized carbons (Fsp3) is 0.417. The Kier molecular flexibility index (Phi) is 8.71. The SMILES string of the molecule is CC[C@H](C(=O)N[C@@H](C)CC)N(Cc1ccccc1Cl)C(=O)Cc1cccc(C)c1. The summed E-state index contributed by atoms with van der Waals surface area (Å²) in [6.45, 7) is 8.23. The van der Waals surface area contributed by atoms with Crippen molar-refractivity contribution in [3.05, 3.63) is 70.2 Å². The van der Waals surface area contributed by atoms with E-state index in [1.807, 2.05) is 70.2 Å². The van der Waals surface area contributed by atoms with Crippen LogP contribution in [0.1, 0.15) is 50.3 Å². The van der Waals surface area contributed by atoms with Gasteiger partial charge in [-0.3, -0.25) is 9.59 Å². The van der Waals surface area contributed by atoms with Gasteiger partial charge >= 0.3 is 0 Å². The largest absolute Gasteiger partial charge is 0.352 e. The van der Waals surface area contributed by atoms with Crippen molar-refractivity contribution in [2.45, 2.75) is 65.6 Å². The molecule has 2 amide bonds. The number of rotatable bonds is 9. The zero-order chi connectivity index (χ0) is 21.4. The van der Waals surface area contributed by atoms with Gasteiger partial charge in [-0.15, -0.1) is 0 Å². The van der Waals surface area contributed by atoms with Crippen LogP contribution in [-0.4, -0.2) is 28.8 Å². The van der Waals surface area contributed by atoms with Gasteiger partial charge in [0.1, 0.15) is 6.04 Å². The molecule has 29 heavy (non-hydrogen) atoms. The molecule has 0 aliphatic carbocycles. The Balaban J connectivity index is 2.31. The Morgan fingerprint density at radius 1 is 1.07 bits per heavy atom. The minimum absolute atomic E-state index is 0.0607. The molecule has 2 aromatic rings. The average molecular weight is 415 g/mol. The lowest BCUT2D eigenvalue weighted by molar-refractivity contribution is -0.141. The Bertz CT molecular complexity index is 837. The molecule has 0 aromatic heterocycles. The Labute approximate surface area is 179 Å². The van der Waals surface area contributed by atoms with Crippen LogP contribution in [0.4, 0.5) is 0 Å². The summed E-state index contributed by atoms with van der Waals surface area (Å²) in [4.78, 5) is 27.9. The van der Waals surface area contributed by atoms with Crippen LogP contribution in [0, 0.1) is 6.92 Å².